The molecular formula is C16H19N5O3. The van der Waals surface area contributed by atoms with Gasteiger partial charge in [-0.15, -0.1) is 0 Å². The molecule has 1 aromatic carbocycles. The van der Waals surface area contributed by atoms with Crippen LogP contribution in [0.4, 0.5) is 11.4 Å². The zero-order valence-electron chi connectivity index (χ0n) is 13.4. The highest BCUT2D eigenvalue weighted by Gasteiger charge is 2.24. The third-order valence-electron chi connectivity index (χ3n) is 3.86. The minimum atomic E-state index is -0.127. The molecule has 8 heteroatoms. The Bertz CT molecular complexity index is 729. The van der Waals surface area contributed by atoms with Crippen LogP contribution in [-0.4, -0.2) is 40.2 Å². The molecule has 126 valence electrons. The molecule has 0 aliphatic carbocycles. The summed E-state index contributed by atoms with van der Waals surface area (Å²) in [6.45, 7) is 1.15. The number of carbonyl (C=O) groups is 2. The molecule has 0 saturated carbocycles. The first-order chi connectivity index (χ1) is 11.7. The van der Waals surface area contributed by atoms with Crippen molar-refractivity contribution in [3.63, 3.8) is 0 Å². The average molecular weight is 329 g/mol. The largest absolute Gasteiger partial charge is 0.494 e. The lowest BCUT2D eigenvalue weighted by Gasteiger charge is -2.19. The van der Waals surface area contributed by atoms with E-state index in [-0.39, 0.29) is 18.2 Å². The van der Waals surface area contributed by atoms with E-state index < -0.39 is 0 Å². The summed E-state index contributed by atoms with van der Waals surface area (Å²) in [5.74, 6) is 0.537. The average Bonchev–Trinajstić information content (AvgIpc) is 3.24. The van der Waals surface area contributed by atoms with E-state index >= 15 is 0 Å². The van der Waals surface area contributed by atoms with Gasteiger partial charge in [0.15, 0.2) is 0 Å². The number of benzene rings is 1. The summed E-state index contributed by atoms with van der Waals surface area (Å²) < 4.78 is 6.98. The molecule has 0 unspecified atom stereocenters. The van der Waals surface area contributed by atoms with Crippen LogP contribution in [0.2, 0.25) is 0 Å². The maximum Gasteiger partial charge on any atom is 0.227 e. The van der Waals surface area contributed by atoms with Crippen LogP contribution in [0.1, 0.15) is 19.3 Å². The van der Waals surface area contributed by atoms with E-state index in [4.69, 9.17) is 4.74 Å². The van der Waals surface area contributed by atoms with Crippen molar-refractivity contribution in [3.05, 3.63) is 30.9 Å². The Kier molecular flexibility index (Phi) is 4.74. The van der Waals surface area contributed by atoms with Crippen LogP contribution in [0.15, 0.2) is 30.9 Å². The van der Waals surface area contributed by atoms with E-state index in [1.165, 1.54) is 6.33 Å². The summed E-state index contributed by atoms with van der Waals surface area (Å²) in [6, 6.07) is 5.31. The monoisotopic (exact) mass is 329 g/mol. The Balaban J connectivity index is 1.65. The molecule has 8 nitrogen and oxygen atoms in total. The minimum absolute atomic E-state index is 0.0953. The summed E-state index contributed by atoms with van der Waals surface area (Å²) in [6.07, 6.45) is 4.70. The quantitative estimate of drug-likeness (QED) is 0.866. The first-order valence-electron chi connectivity index (χ1n) is 7.78. The fourth-order valence-corrected chi connectivity index (χ4v) is 2.67. The van der Waals surface area contributed by atoms with Gasteiger partial charge in [0.05, 0.1) is 19.3 Å². The number of aryl methyl sites for hydroxylation is 1. The number of hydrogen-bond acceptors (Lipinski definition) is 5. The molecule has 24 heavy (non-hydrogen) atoms. The van der Waals surface area contributed by atoms with Gasteiger partial charge in [-0.3, -0.25) is 14.3 Å². The zero-order chi connectivity index (χ0) is 16.9. The Labute approximate surface area is 139 Å². The van der Waals surface area contributed by atoms with Crippen LogP contribution in [0.3, 0.4) is 0 Å². The Hall–Kier alpha value is -2.90. The summed E-state index contributed by atoms with van der Waals surface area (Å²) in [4.78, 5) is 29.5. The zero-order valence-corrected chi connectivity index (χ0v) is 13.4. The van der Waals surface area contributed by atoms with Gasteiger partial charge in [-0.05, 0) is 18.6 Å². The first-order valence-corrected chi connectivity index (χ1v) is 7.78. The summed E-state index contributed by atoms with van der Waals surface area (Å²) in [5.41, 5.74) is 1.37. The molecule has 1 saturated heterocycles. The predicted molar refractivity (Wildman–Crippen MR) is 87.8 cm³/mol. The maximum absolute atomic E-state index is 12.0. The van der Waals surface area contributed by atoms with Gasteiger partial charge >= 0.3 is 0 Å². The number of amides is 2. The van der Waals surface area contributed by atoms with Crippen molar-refractivity contribution in [3.8, 4) is 5.75 Å². The van der Waals surface area contributed by atoms with Crippen LogP contribution in [-0.2, 0) is 16.1 Å². The Morgan fingerprint density at radius 2 is 2.29 bits per heavy atom. The maximum atomic E-state index is 12.0. The second-order valence-electron chi connectivity index (χ2n) is 5.49. The summed E-state index contributed by atoms with van der Waals surface area (Å²) in [5, 5.41) is 6.78. The number of methoxy groups -OCH3 is 1. The van der Waals surface area contributed by atoms with Crippen molar-refractivity contribution >= 4 is 23.2 Å². The standard InChI is InChI=1S/C16H19N5O3/c1-24-14-9-12(4-5-13(14)21-7-2-3-16(21)23)19-15(22)6-8-20-11-17-10-18-20/h4-5,9-11H,2-3,6-8H2,1H3,(H,19,22). The number of hydrogen-bond donors (Lipinski definition) is 1. The SMILES string of the molecule is COc1cc(NC(=O)CCn2cncn2)ccc1N1CCCC1=O. The Morgan fingerprint density at radius 3 is 2.96 bits per heavy atom. The van der Waals surface area contributed by atoms with Gasteiger partial charge in [0.1, 0.15) is 18.4 Å². The smallest absolute Gasteiger partial charge is 0.227 e. The van der Waals surface area contributed by atoms with Crippen molar-refractivity contribution in [2.24, 2.45) is 0 Å². The lowest BCUT2D eigenvalue weighted by molar-refractivity contribution is -0.117. The van der Waals surface area contributed by atoms with Crippen molar-refractivity contribution in [2.45, 2.75) is 25.8 Å². The van der Waals surface area contributed by atoms with E-state index in [2.05, 4.69) is 15.4 Å². The highest BCUT2D eigenvalue weighted by molar-refractivity contribution is 5.97. The van der Waals surface area contributed by atoms with Crippen LogP contribution >= 0.6 is 0 Å². The number of ether oxygens (including phenoxy) is 1. The molecule has 2 heterocycles. The molecule has 1 aliphatic rings. The molecule has 3 rings (SSSR count). The van der Waals surface area contributed by atoms with Gasteiger partial charge in [0.25, 0.3) is 0 Å². The molecule has 2 aromatic rings. The van der Waals surface area contributed by atoms with Gasteiger partial charge in [0, 0.05) is 31.1 Å². The molecule has 0 bridgehead atoms. The molecule has 0 spiro atoms. The molecule has 1 N–H and O–H groups in total. The van der Waals surface area contributed by atoms with Gasteiger partial charge in [-0.1, -0.05) is 0 Å². The minimum Gasteiger partial charge on any atom is -0.494 e. The summed E-state index contributed by atoms with van der Waals surface area (Å²) >= 11 is 0. The van der Waals surface area contributed by atoms with Crippen molar-refractivity contribution in [1.29, 1.82) is 0 Å². The second kappa shape index (κ2) is 7.12. The fourth-order valence-electron chi connectivity index (χ4n) is 2.67. The molecule has 1 aromatic heterocycles. The van der Waals surface area contributed by atoms with E-state index in [1.54, 1.807) is 41.2 Å². The molecule has 1 aliphatic heterocycles. The van der Waals surface area contributed by atoms with E-state index in [0.717, 1.165) is 12.1 Å². The number of aromatic nitrogens is 3. The number of nitrogens with zero attached hydrogens (tertiary/aromatic N) is 4. The van der Waals surface area contributed by atoms with Crippen LogP contribution in [0.5, 0.6) is 5.75 Å². The van der Waals surface area contributed by atoms with E-state index in [1.807, 2.05) is 0 Å². The lowest BCUT2D eigenvalue weighted by atomic mass is 10.2. The Morgan fingerprint density at radius 1 is 1.42 bits per heavy atom. The molecular weight excluding hydrogens is 310 g/mol. The van der Waals surface area contributed by atoms with Crippen LogP contribution in [0.25, 0.3) is 0 Å². The van der Waals surface area contributed by atoms with Gasteiger partial charge in [0.2, 0.25) is 11.8 Å². The third-order valence-corrected chi connectivity index (χ3v) is 3.86. The van der Waals surface area contributed by atoms with Crippen molar-refractivity contribution in [2.75, 3.05) is 23.9 Å². The first kappa shape index (κ1) is 16.0. The predicted octanol–water partition coefficient (Wildman–Crippen LogP) is 1.44. The highest BCUT2D eigenvalue weighted by Crippen LogP contribution is 2.33. The fraction of sp³-hybridized carbons (Fsp3) is 0.375. The van der Waals surface area contributed by atoms with Gasteiger partial charge in [-0.2, -0.15) is 5.10 Å². The number of rotatable bonds is 6. The van der Waals surface area contributed by atoms with Crippen LogP contribution in [0, 0.1) is 0 Å². The van der Waals surface area contributed by atoms with Gasteiger partial charge in [-0.25, -0.2) is 4.98 Å². The molecule has 1 fully saturated rings. The molecule has 2 amide bonds. The second-order valence-corrected chi connectivity index (χ2v) is 5.49. The lowest BCUT2D eigenvalue weighted by Crippen LogP contribution is -2.24. The normalized spacial score (nSPS) is 14.0. The summed E-state index contributed by atoms with van der Waals surface area (Å²) in [7, 11) is 1.55. The van der Waals surface area contributed by atoms with Crippen molar-refractivity contribution < 1.29 is 14.3 Å². The van der Waals surface area contributed by atoms with E-state index in [9.17, 15) is 9.59 Å². The topological polar surface area (TPSA) is 89.3 Å². The molecule has 0 atom stereocenters. The number of nitrogens with one attached hydrogen (secondary N) is 1. The van der Waals surface area contributed by atoms with Gasteiger partial charge < -0.3 is 15.0 Å². The number of carbonyl (C=O) groups excluding carboxylic acids is 2. The third kappa shape index (κ3) is 3.53. The van der Waals surface area contributed by atoms with E-state index in [0.29, 0.717) is 30.9 Å². The number of anilines is 2. The van der Waals surface area contributed by atoms with Crippen LogP contribution < -0.4 is 15.0 Å². The highest BCUT2D eigenvalue weighted by atomic mass is 16.5. The molecule has 0 radical (unpaired) electrons. The van der Waals surface area contributed by atoms with Crippen molar-refractivity contribution in [1.82, 2.24) is 14.8 Å².